The highest BCUT2D eigenvalue weighted by Gasteiger charge is 2.43. The van der Waals surface area contributed by atoms with Gasteiger partial charge in [0, 0.05) is 25.2 Å². The first kappa shape index (κ1) is 29.2. The maximum atomic E-state index is 12.8. The molecule has 0 spiro atoms. The second-order valence-electron chi connectivity index (χ2n) is 7.68. The second-order valence-corrected chi connectivity index (χ2v) is 7.68. The van der Waals surface area contributed by atoms with Crippen LogP contribution in [0.4, 0.5) is 9.18 Å². The molecule has 0 aliphatic carbocycles. The molecule has 0 saturated carbocycles. The number of methoxy groups -OCH3 is 1. The van der Waals surface area contributed by atoms with Crippen molar-refractivity contribution in [2.45, 2.75) is 34.1 Å². The quantitative estimate of drug-likeness (QED) is 0.137. The summed E-state index contributed by atoms with van der Waals surface area (Å²) in [5.74, 6) is -1.23. The van der Waals surface area contributed by atoms with Gasteiger partial charge < -0.3 is 18.9 Å². The minimum Gasteiger partial charge on any atom is -0.464 e. The SMILES string of the molecule is C=C/C(C)=C\C/C=C(\C)F.CCOC(=O)Oc1c2c(c(OCOC)c3ncccc13)C(=O)N(CC)C2=O. The van der Waals surface area contributed by atoms with E-state index in [0.29, 0.717) is 11.8 Å². The fraction of sp³-hybridized carbons (Fsp3) is 0.333. The van der Waals surface area contributed by atoms with E-state index in [4.69, 9.17) is 18.9 Å². The fourth-order valence-electron chi connectivity index (χ4n) is 3.39. The Bertz CT molecular complexity index is 1230. The van der Waals surface area contributed by atoms with Gasteiger partial charge in [-0.3, -0.25) is 19.5 Å². The molecule has 9 nitrogen and oxygen atoms in total. The minimum absolute atomic E-state index is 0.00982. The topological polar surface area (TPSA) is 104 Å². The Balaban J connectivity index is 0.000000410. The second kappa shape index (κ2) is 13.9. The van der Waals surface area contributed by atoms with Crippen LogP contribution >= 0.6 is 0 Å². The summed E-state index contributed by atoms with van der Waals surface area (Å²) in [5, 5.41) is 0.342. The zero-order valence-electron chi connectivity index (χ0n) is 21.6. The van der Waals surface area contributed by atoms with Gasteiger partial charge in [0.05, 0.1) is 12.4 Å². The first-order chi connectivity index (χ1) is 17.7. The van der Waals surface area contributed by atoms with E-state index in [2.05, 4.69) is 11.6 Å². The van der Waals surface area contributed by atoms with Crippen LogP contribution in [0.25, 0.3) is 10.9 Å². The van der Waals surface area contributed by atoms with Crippen molar-refractivity contribution in [2.75, 3.05) is 27.1 Å². The lowest BCUT2D eigenvalue weighted by atomic mass is 10.0. The van der Waals surface area contributed by atoms with Crippen molar-refractivity contribution in [3.05, 3.63) is 65.7 Å². The number of nitrogens with zero attached hydrogens (tertiary/aromatic N) is 2. The Labute approximate surface area is 215 Å². The molecule has 10 heteroatoms. The van der Waals surface area contributed by atoms with Gasteiger partial charge in [0.25, 0.3) is 11.8 Å². The van der Waals surface area contributed by atoms with Crippen molar-refractivity contribution in [1.29, 1.82) is 0 Å². The van der Waals surface area contributed by atoms with Crippen LogP contribution in [0.2, 0.25) is 0 Å². The molecule has 0 saturated heterocycles. The number of pyridine rings is 1. The van der Waals surface area contributed by atoms with Crippen LogP contribution < -0.4 is 9.47 Å². The number of imide groups is 1. The average Bonchev–Trinajstić information content (AvgIpc) is 3.13. The Hall–Kier alpha value is -4.05. The van der Waals surface area contributed by atoms with E-state index in [0.717, 1.165) is 10.5 Å². The fourth-order valence-corrected chi connectivity index (χ4v) is 3.39. The van der Waals surface area contributed by atoms with Gasteiger partial charge >= 0.3 is 6.16 Å². The number of fused-ring (bicyclic) bond motifs is 2. The Kier molecular flexibility index (Phi) is 11.0. The summed E-state index contributed by atoms with van der Waals surface area (Å²) in [6.07, 6.45) is 6.39. The zero-order valence-corrected chi connectivity index (χ0v) is 21.6. The summed E-state index contributed by atoms with van der Waals surface area (Å²) in [4.78, 5) is 42.9. The van der Waals surface area contributed by atoms with Gasteiger partial charge in [-0.1, -0.05) is 24.3 Å². The van der Waals surface area contributed by atoms with E-state index in [-0.39, 0.29) is 53.9 Å². The smallest absolute Gasteiger partial charge is 0.464 e. The molecular formula is C27H31FN2O7. The number of hydrogen-bond donors (Lipinski definition) is 0. The first-order valence-electron chi connectivity index (χ1n) is 11.6. The number of aromatic nitrogens is 1. The third-order valence-electron chi connectivity index (χ3n) is 5.14. The monoisotopic (exact) mass is 514 g/mol. The van der Waals surface area contributed by atoms with E-state index in [9.17, 15) is 18.8 Å². The van der Waals surface area contributed by atoms with Crippen LogP contribution in [0.15, 0.2) is 54.5 Å². The standard InChI is InChI=1S/C18H18N2O7.C9H13F/c1-4-20-16(21)11-12(17(20)22)15(26-9-24-3)13-10(7-6-8-19-13)14(11)27-18(23)25-5-2;1-4-8(2)6-5-7-9(3)10/h6-8H,4-5,9H2,1-3H3;4,6-7H,1,5H2,2-3H3/b;8-6-,9-7+. The van der Waals surface area contributed by atoms with Crippen molar-refractivity contribution >= 4 is 28.9 Å². The number of ether oxygens (including phenoxy) is 4. The van der Waals surface area contributed by atoms with Crippen molar-refractivity contribution in [3.8, 4) is 11.5 Å². The molecule has 3 rings (SSSR count). The summed E-state index contributed by atoms with van der Waals surface area (Å²) in [5.41, 5.74) is 1.29. The van der Waals surface area contributed by atoms with Crippen LogP contribution in [0, 0.1) is 0 Å². The summed E-state index contributed by atoms with van der Waals surface area (Å²) in [7, 11) is 1.43. The van der Waals surface area contributed by atoms with E-state index in [1.807, 2.05) is 13.0 Å². The number of carbonyl (C=O) groups excluding carboxylic acids is 3. The van der Waals surface area contributed by atoms with Gasteiger partial charge in [0.2, 0.25) is 0 Å². The van der Waals surface area contributed by atoms with Crippen LogP contribution in [-0.2, 0) is 9.47 Å². The van der Waals surface area contributed by atoms with Crippen LogP contribution in [-0.4, -0.2) is 54.9 Å². The molecule has 2 heterocycles. The lowest BCUT2D eigenvalue weighted by Crippen LogP contribution is -2.29. The third-order valence-corrected chi connectivity index (χ3v) is 5.14. The summed E-state index contributed by atoms with van der Waals surface area (Å²) >= 11 is 0. The van der Waals surface area contributed by atoms with Crippen molar-refractivity contribution in [3.63, 3.8) is 0 Å². The first-order valence-corrected chi connectivity index (χ1v) is 11.6. The maximum Gasteiger partial charge on any atom is 0.513 e. The molecule has 1 aromatic carbocycles. The normalized spacial score (nSPS) is 13.2. The van der Waals surface area contributed by atoms with Crippen molar-refractivity contribution in [2.24, 2.45) is 0 Å². The van der Waals surface area contributed by atoms with Crippen molar-refractivity contribution in [1.82, 2.24) is 9.88 Å². The van der Waals surface area contributed by atoms with Gasteiger partial charge in [0.1, 0.15) is 16.6 Å². The number of allylic oxidation sites excluding steroid dienone is 5. The molecule has 0 radical (unpaired) electrons. The highest BCUT2D eigenvalue weighted by Crippen LogP contribution is 2.44. The number of amides is 2. The third kappa shape index (κ3) is 7.01. The van der Waals surface area contributed by atoms with Gasteiger partial charge in [0.15, 0.2) is 18.3 Å². The predicted molar refractivity (Wildman–Crippen MR) is 136 cm³/mol. The molecule has 198 valence electrons. The molecule has 2 amide bonds. The van der Waals surface area contributed by atoms with Crippen molar-refractivity contribution < 1.29 is 37.7 Å². The maximum absolute atomic E-state index is 12.8. The minimum atomic E-state index is -0.981. The van der Waals surface area contributed by atoms with E-state index < -0.39 is 18.0 Å². The Morgan fingerprint density at radius 2 is 1.81 bits per heavy atom. The summed E-state index contributed by atoms with van der Waals surface area (Å²) < 4.78 is 32.7. The number of carbonyl (C=O) groups is 3. The highest BCUT2D eigenvalue weighted by molar-refractivity contribution is 6.27. The molecule has 1 aromatic heterocycles. The summed E-state index contributed by atoms with van der Waals surface area (Å²) in [6, 6.07) is 3.23. The molecule has 1 aliphatic heterocycles. The molecule has 37 heavy (non-hydrogen) atoms. The number of halogens is 1. The molecule has 0 unspecified atom stereocenters. The lowest BCUT2D eigenvalue weighted by Gasteiger charge is -2.15. The number of hydrogen-bond acceptors (Lipinski definition) is 8. The highest BCUT2D eigenvalue weighted by atomic mass is 19.1. The molecule has 1 aliphatic rings. The molecule has 0 fully saturated rings. The molecule has 0 N–H and O–H groups in total. The van der Waals surface area contributed by atoms with Gasteiger partial charge in [-0.15, -0.1) is 0 Å². The Morgan fingerprint density at radius 1 is 1.14 bits per heavy atom. The molecule has 2 aromatic rings. The van der Waals surface area contributed by atoms with Crippen LogP contribution in [0.5, 0.6) is 11.5 Å². The largest absolute Gasteiger partial charge is 0.513 e. The Morgan fingerprint density at radius 3 is 2.38 bits per heavy atom. The van der Waals surface area contributed by atoms with E-state index >= 15 is 0 Å². The van der Waals surface area contributed by atoms with Gasteiger partial charge in [-0.05, 0) is 52.3 Å². The summed E-state index contributed by atoms with van der Waals surface area (Å²) in [6.45, 7) is 10.3. The van der Waals surface area contributed by atoms with Crippen LogP contribution in [0.3, 0.4) is 0 Å². The number of rotatable bonds is 9. The molecule has 0 bridgehead atoms. The lowest BCUT2D eigenvalue weighted by molar-refractivity contribution is 0.0506. The average molecular weight is 515 g/mol. The van der Waals surface area contributed by atoms with E-state index in [1.54, 1.807) is 32.1 Å². The van der Waals surface area contributed by atoms with Crippen LogP contribution in [0.1, 0.15) is 54.8 Å². The number of benzene rings is 1. The molecular weight excluding hydrogens is 483 g/mol. The van der Waals surface area contributed by atoms with E-state index in [1.165, 1.54) is 26.3 Å². The van der Waals surface area contributed by atoms with Gasteiger partial charge in [-0.2, -0.15) is 0 Å². The molecule has 0 atom stereocenters. The van der Waals surface area contributed by atoms with Gasteiger partial charge in [-0.25, -0.2) is 9.18 Å². The predicted octanol–water partition coefficient (Wildman–Crippen LogP) is 5.75. The zero-order chi connectivity index (χ0) is 27.5.